The fraction of sp³-hybridized carbons (Fsp3) is 0.625. The molecule has 0 aliphatic carbocycles. The second-order valence-electron chi connectivity index (χ2n) is 5.65. The Labute approximate surface area is 138 Å². The van der Waals surface area contributed by atoms with Gasteiger partial charge in [-0.1, -0.05) is 0 Å². The number of likely N-dealkylation sites (N-methyl/N-ethyl adjacent to an activating group) is 1. The average Bonchev–Trinajstić information content (AvgIpc) is 2.94. The van der Waals surface area contributed by atoms with Crippen molar-refractivity contribution in [1.29, 1.82) is 0 Å². The van der Waals surface area contributed by atoms with E-state index in [4.69, 9.17) is 14.2 Å². The highest BCUT2D eigenvalue weighted by Gasteiger charge is 2.25. The highest BCUT2D eigenvalue weighted by Crippen LogP contribution is 2.40. The number of halogens is 1. The fourth-order valence-corrected chi connectivity index (χ4v) is 3.22. The van der Waals surface area contributed by atoms with E-state index in [9.17, 15) is 0 Å². The molecule has 1 fully saturated rings. The van der Waals surface area contributed by atoms with E-state index in [-0.39, 0.29) is 12.4 Å². The van der Waals surface area contributed by atoms with Gasteiger partial charge in [0.15, 0.2) is 11.5 Å². The van der Waals surface area contributed by atoms with Gasteiger partial charge in [-0.25, -0.2) is 0 Å². The van der Waals surface area contributed by atoms with E-state index in [1.807, 2.05) is 7.05 Å². The first-order valence-electron chi connectivity index (χ1n) is 7.67. The van der Waals surface area contributed by atoms with Crippen LogP contribution in [-0.2, 0) is 6.54 Å². The molecule has 3 rings (SSSR count). The molecule has 0 saturated carbocycles. The quantitative estimate of drug-likeness (QED) is 0.896. The van der Waals surface area contributed by atoms with Crippen molar-refractivity contribution >= 4 is 12.4 Å². The van der Waals surface area contributed by atoms with Crippen LogP contribution in [0.2, 0.25) is 0 Å². The van der Waals surface area contributed by atoms with Crippen LogP contribution in [0.4, 0.5) is 0 Å². The topological polar surface area (TPSA) is 43.0 Å². The molecule has 2 heterocycles. The minimum atomic E-state index is 0. The largest absolute Gasteiger partial charge is 0.493 e. The second kappa shape index (κ2) is 7.90. The van der Waals surface area contributed by atoms with Crippen LogP contribution in [0.15, 0.2) is 12.1 Å². The van der Waals surface area contributed by atoms with Gasteiger partial charge >= 0.3 is 0 Å². The monoisotopic (exact) mass is 328 g/mol. The Hall–Kier alpha value is -1.17. The summed E-state index contributed by atoms with van der Waals surface area (Å²) in [6, 6.07) is 4.78. The molecule has 124 valence electrons. The van der Waals surface area contributed by atoms with Crippen molar-refractivity contribution < 1.29 is 14.2 Å². The van der Waals surface area contributed by atoms with Crippen molar-refractivity contribution in [2.75, 3.05) is 40.5 Å². The lowest BCUT2D eigenvalue weighted by molar-refractivity contribution is 0.164. The van der Waals surface area contributed by atoms with Crippen molar-refractivity contribution in [2.24, 2.45) is 0 Å². The summed E-state index contributed by atoms with van der Waals surface area (Å²) >= 11 is 0. The van der Waals surface area contributed by atoms with Gasteiger partial charge < -0.3 is 19.5 Å². The average molecular weight is 329 g/mol. The lowest BCUT2D eigenvalue weighted by Gasteiger charge is -2.26. The highest BCUT2D eigenvalue weighted by molar-refractivity contribution is 5.85. The molecule has 0 bridgehead atoms. The van der Waals surface area contributed by atoms with Gasteiger partial charge in [0.2, 0.25) is 5.75 Å². The molecule has 1 aromatic rings. The molecule has 1 saturated heterocycles. The van der Waals surface area contributed by atoms with E-state index in [0.29, 0.717) is 19.3 Å². The van der Waals surface area contributed by atoms with Crippen molar-refractivity contribution in [3.05, 3.63) is 17.7 Å². The van der Waals surface area contributed by atoms with Gasteiger partial charge in [0.05, 0.1) is 7.11 Å². The fourth-order valence-electron chi connectivity index (χ4n) is 3.22. The Morgan fingerprint density at radius 3 is 2.91 bits per heavy atom. The minimum Gasteiger partial charge on any atom is -0.493 e. The number of rotatable bonds is 5. The first-order chi connectivity index (χ1) is 10.3. The maximum absolute atomic E-state index is 5.71. The zero-order valence-electron chi connectivity index (χ0n) is 13.3. The number of nitrogens with zero attached hydrogens (tertiary/aromatic N) is 1. The predicted octanol–water partition coefficient (Wildman–Crippen LogP) is 2.07. The van der Waals surface area contributed by atoms with Gasteiger partial charge in [-0.05, 0) is 44.1 Å². The number of fused-ring (bicyclic) bond motifs is 1. The van der Waals surface area contributed by atoms with Crippen LogP contribution in [0.5, 0.6) is 17.2 Å². The first kappa shape index (κ1) is 17.2. The first-order valence-corrected chi connectivity index (χ1v) is 7.67. The summed E-state index contributed by atoms with van der Waals surface area (Å²) in [6.07, 6.45) is 2.54. The summed E-state index contributed by atoms with van der Waals surface area (Å²) in [5.74, 6) is 2.31. The van der Waals surface area contributed by atoms with Gasteiger partial charge in [-0.2, -0.15) is 0 Å². The molecule has 1 N–H and O–H groups in total. The molecule has 0 aromatic heterocycles. The maximum Gasteiger partial charge on any atom is 0.203 e. The normalized spacial score (nSPS) is 20.5. The summed E-state index contributed by atoms with van der Waals surface area (Å²) in [4.78, 5) is 2.53. The Kier molecular flexibility index (Phi) is 6.17. The zero-order valence-corrected chi connectivity index (χ0v) is 14.1. The van der Waals surface area contributed by atoms with Gasteiger partial charge in [0.1, 0.15) is 13.2 Å². The van der Waals surface area contributed by atoms with Crippen LogP contribution in [0.1, 0.15) is 18.4 Å². The molecular weight excluding hydrogens is 304 g/mol. The molecule has 6 heteroatoms. The molecule has 2 aliphatic heterocycles. The van der Waals surface area contributed by atoms with E-state index in [2.05, 4.69) is 22.3 Å². The lowest BCUT2D eigenvalue weighted by atomic mass is 10.1. The highest BCUT2D eigenvalue weighted by atomic mass is 35.5. The second-order valence-corrected chi connectivity index (χ2v) is 5.65. The standard InChI is InChI=1S/C16H24N2O3.ClH/c1-17-10-13-4-3-5-18(13)11-12-8-14(19-2)16-15(9-12)20-6-7-21-16;/h8-9,13,17H,3-7,10-11H2,1-2H3;1H. The molecule has 1 aromatic carbocycles. The van der Waals surface area contributed by atoms with E-state index < -0.39 is 0 Å². The number of ether oxygens (including phenoxy) is 3. The van der Waals surface area contributed by atoms with Crippen LogP contribution >= 0.6 is 12.4 Å². The van der Waals surface area contributed by atoms with E-state index >= 15 is 0 Å². The SMILES string of the molecule is CNCC1CCCN1Cc1cc(OC)c2c(c1)OCCO2.Cl. The van der Waals surface area contributed by atoms with Gasteiger partial charge in [-0.3, -0.25) is 4.90 Å². The number of benzene rings is 1. The van der Waals surface area contributed by atoms with E-state index in [1.54, 1.807) is 7.11 Å². The number of nitrogens with one attached hydrogen (secondary N) is 1. The molecule has 5 nitrogen and oxygen atoms in total. The van der Waals surface area contributed by atoms with E-state index in [1.165, 1.54) is 18.4 Å². The molecule has 2 aliphatic rings. The van der Waals surface area contributed by atoms with Crippen molar-refractivity contribution in [1.82, 2.24) is 10.2 Å². The van der Waals surface area contributed by atoms with Gasteiger partial charge in [0.25, 0.3) is 0 Å². The van der Waals surface area contributed by atoms with Gasteiger partial charge in [0, 0.05) is 19.1 Å². The van der Waals surface area contributed by atoms with Crippen LogP contribution in [-0.4, -0.2) is 51.4 Å². The number of hydrogen-bond donors (Lipinski definition) is 1. The number of hydrogen-bond acceptors (Lipinski definition) is 5. The molecule has 0 spiro atoms. The van der Waals surface area contributed by atoms with Gasteiger partial charge in [-0.15, -0.1) is 12.4 Å². The summed E-state index contributed by atoms with van der Waals surface area (Å²) < 4.78 is 16.8. The number of likely N-dealkylation sites (tertiary alicyclic amines) is 1. The smallest absolute Gasteiger partial charge is 0.203 e. The minimum absolute atomic E-state index is 0. The van der Waals surface area contributed by atoms with Crippen LogP contribution in [0, 0.1) is 0 Å². The van der Waals surface area contributed by atoms with Crippen LogP contribution in [0.3, 0.4) is 0 Å². The van der Waals surface area contributed by atoms with E-state index in [0.717, 1.165) is 36.9 Å². The Bertz CT molecular complexity index is 481. The molecular formula is C16H25ClN2O3. The predicted molar refractivity (Wildman–Crippen MR) is 88.6 cm³/mol. The van der Waals surface area contributed by atoms with Crippen molar-refractivity contribution in [3.63, 3.8) is 0 Å². The Balaban J connectivity index is 0.00000176. The maximum atomic E-state index is 5.71. The third-order valence-corrected chi connectivity index (χ3v) is 4.21. The zero-order chi connectivity index (χ0) is 14.7. The summed E-state index contributed by atoms with van der Waals surface area (Å²) in [6.45, 7) is 4.31. The number of methoxy groups -OCH3 is 1. The summed E-state index contributed by atoms with van der Waals surface area (Å²) in [7, 11) is 3.70. The lowest BCUT2D eigenvalue weighted by Crippen LogP contribution is -2.36. The Morgan fingerprint density at radius 1 is 1.32 bits per heavy atom. The molecule has 0 radical (unpaired) electrons. The molecule has 22 heavy (non-hydrogen) atoms. The van der Waals surface area contributed by atoms with Crippen LogP contribution < -0.4 is 19.5 Å². The molecule has 1 atom stereocenters. The third-order valence-electron chi connectivity index (χ3n) is 4.21. The Morgan fingerprint density at radius 2 is 2.14 bits per heavy atom. The third kappa shape index (κ3) is 3.59. The van der Waals surface area contributed by atoms with Crippen molar-refractivity contribution in [2.45, 2.75) is 25.4 Å². The van der Waals surface area contributed by atoms with Crippen molar-refractivity contribution in [3.8, 4) is 17.2 Å². The molecule has 0 amide bonds. The molecule has 1 unspecified atom stereocenters. The summed E-state index contributed by atoms with van der Waals surface area (Å²) in [5, 5.41) is 3.29. The van der Waals surface area contributed by atoms with Crippen LogP contribution in [0.25, 0.3) is 0 Å². The summed E-state index contributed by atoms with van der Waals surface area (Å²) in [5.41, 5.74) is 1.22.